The zero-order chi connectivity index (χ0) is 15.9. The molecule has 1 unspecified atom stereocenters. The van der Waals surface area contributed by atoms with Crippen LogP contribution in [0.25, 0.3) is 11.1 Å². The van der Waals surface area contributed by atoms with Crippen molar-refractivity contribution in [2.75, 3.05) is 5.32 Å². The van der Waals surface area contributed by atoms with Crippen molar-refractivity contribution in [3.8, 4) is 11.1 Å². The number of hydrogen-bond acceptors (Lipinski definition) is 4. The first-order valence-electron chi connectivity index (χ1n) is 7.59. The van der Waals surface area contributed by atoms with Crippen molar-refractivity contribution in [1.29, 1.82) is 0 Å². The molecule has 0 spiro atoms. The minimum atomic E-state index is -1.44. The molecule has 0 aliphatic carbocycles. The summed E-state index contributed by atoms with van der Waals surface area (Å²) in [4.78, 5) is 12.2. The fourth-order valence-electron chi connectivity index (χ4n) is 3.07. The summed E-state index contributed by atoms with van der Waals surface area (Å²) in [5, 5.41) is 17.6. The van der Waals surface area contributed by atoms with E-state index in [4.69, 9.17) is 4.52 Å². The second-order valence-electron chi connectivity index (χ2n) is 5.88. The van der Waals surface area contributed by atoms with Gasteiger partial charge in [0.05, 0.1) is 5.69 Å². The van der Waals surface area contributed by atoms with Crippen LogP contribution in [0.5, 0.6) is 0 Å². The maximum absolute atomic E-state index is 12.2. The van der Waals surface area contributed by atoms with Crippen LogP contribution < -0.4 is 5.32 Å². The lowest BCUT2D eigenvalue weighted by molar-refractivity contribution is -0.134. The molecule has 5 nitrogen and oxygen atoms in total. The summed E-state index contributed by atoms with van der Waals surface area (Å²) < 4.78 is 5.21. The van der Waals surface area contributed by atoms with Gasteiger partial charge in [-0.15, -0.1) is 0 Å². The second kappa shape index (κ2) is 5.25. The van der Waals surface area contributed by atoms with Gasteiger partial charge in [0.1, 0.15) is 5.76 Å². The Morgan fingerprint density at radius 3 is 2.77 bits per heavy atom. The number of unbranched alkanes of at least 4 members (excludes halogenated alkanes) is 1. The first kappa shape index (κ1) is 14.8. The predicted octanol–water partition coefficient (Wildman–Crippen LogP) is 3.29. The molecular formula is C17H20N2O3. The highest BCUT2D eigenvalue weighted by Crippen LogP contribution is 2.42. The lowest BCUT2D eigenvalue weighted by atomic mass is 9.88. The largest absolute Gasteiger partial charge is 0.375 e. The van der Waals surface area contributed by atoms with E-state index in [1.54, 1.807) is 0 Å². The summed E-state index contributed by atoms with van der Waals surface area (Å²) in [5.74, 6) is 0.388. The van der Waals surface area contributed by atoms with E-state index in [2.05, 4.69) is 10.5 Å². The fraction of sp³-hybridized carbons (Fsp3) is 0.412. The van der Waals surface area contributed by atoms with Gasteiger partial charge < -0.3 is 14.9 Å². The van der Waals surface area contributed by atoms with Gasteiger partial charge in [-0.3, -0.25) is 4.79 Å². The minimum absolute atomic E-state index is 0.341. The van der Waals surface area contributed by atoms with Crippen molar-refractivity contribution >= 4 is 11.6 Å². The van der Waals surface area contributed by atoms with Crippen molar-refractivity contribution in [3.05, 3.63) is 35.2 Å². The maximum Gasteiger partial charge on any atom is 0.261 e. The smallest absolute Gasteiger partial charge is 0.261 e. The zero-order valence-electron chi connectivity index (χ0n) is 13.1. The van der Waals surface area contributed by atoms with E-state index in [9.17, 15) is 9.90 Å². The molecule has 1 aliphatic rings. The molecule has 116 valence electrons. The third kappa shape index (κ3) is 2.13. The molecule has 5 heteroatoms. The van der Waals surface area contributed by atoms with E-state index in [1.165, 1.54) is 0 Å². The molecule has 2 aromatic rings. The lowest BCUT2D eigenvalue weighted by Gasteiger charge is -2.21. The van der Waals surface area contributed by atoms with E-state index < -0.39 is 5.60 Å². The summed E-state index contributed by atoms with van der Waals surface area (Å²) in [6.45, 7) is 5.78. The molecule has 22 heavy (non-hydrogen) atoms. The van der Waals surface area contributed by atoms with Crippen LogP contribution in [-0.2, 0) is 10.4 Å². The van der Waals surface area contributed by atoms with Gasteiger partial charge in [0.2, 0.25) is 0 Å². The van der Waals surface area contributed by atoms with Crippen molar-refractivity contribution in [3.63, 3.8) is 0 Å². The first-order valence-corrected chi connectivity index (χ1v) is 7.59. The van der Waals surface area contributed by atoms with Crippen LogP contribution in [0.3, 0.4) is 0 Å². The Morgan fingerprint density at radius 1 is 1.36 bits per heavy atom. The van der Waals surface area contributed by atoms with E-state index >= 15 is 0 Å². The molecule has 0 bridgehead atoms. The van der Waals surface area contributed by atoms with Crippen LogP contribution in [-0.4, -0.2) is 16.2 Å². The Balaban J connectivity index is 2.09. The Morgan fingerprint density at radius 2 is 2.14 bits per heavy atom. The van der Waals surface area contributed by atoms with Gasteiger partial charge in [-0.25, -0.2) is 0 Å². The maximum atomic E-state index is 12.2. The van der Waals surface area contributed by atoms with Crippen molar-refractivity contribution < 1.29 is 14.4 Å². The average Bonchev–Trinajstić information content (AvgIpc) is 2.95. The van der Waals surface area contributed by atoms with Gasteiger partial charge in [-0.1, -0.05) is 24.6 Å². The number of anilines is 1. The van der Waals surface area contributed by atoms with E-state index in [-0.39, 0.29) is 5.91 Å². The molecule has 1 aliphatic heterocycles. The molecule has 0 fully saturated rings. The number of benzene rings is 1. The highest BCUT2D eigenvalue weighted by atomic mass is 16.5. The third-order valence-electron chi connectivity index (χ3n) is 4.30. The number of carbonyl (C=O) groups excluding carboxylic acids is 1. The predicted molar refractivity (Wildman–Crippen MR) is 83.5 cm³/mol. The Kier molecular flexibility index (Phi) is 3.53. The number of carbonyl (C=O) groups is 1. The Hall–Kier alpha value is -2.14. The van der Waals surface area contributed by atoms with Crippen LogP contribution >= 0.6 is 0 Å². The van der Waals surface area contributed by atoms with Crippen LogP contribution in [0.15, 0.2) is 22.7 Å². The van der Waals surface area contributed by atoms with Crippen molar-refractivity contribution in [2.45, 2.75) is 45.6 Å². The van der Waals surface area contributed by atoms with Gasteiger partial charge in [0.25, 0.3) is 5.91 Å². The van der Waals surface area contributed by atoms with Gasteiger partial charge in [0, 0.05) is 16.8 Å². The topological polar surface area (TPSA) is 75.4 Å². The number of aliphatic hydroxyl groups is 1. The van der Waals surface area contributed by atoms with Crippen molar-refractivity contribution in [2.24, 2.45) is 0 Å². The number of fused-ring (bicyclic) bond motifs is 1. The number of aromatic nitrogens is 1. The number of aryl methyl sites for hydroxylation is 2. The quantitative estimate of drug-likeness (QED) is 0.908. The molecule has 2 heterocycles. The minimum Gasteiger partial charge on any atom is -0.375 e. The molecule has 1 aromatic carbocycles. The van der Waals surface area contributed by atoms with E-state index in [0.717, 1.165) is 35.4 Å². The number of nitrogens with zero attached hydrogens (tertiary/aromatic N) is 1. The summed E-state index contributed by atoms with van der Waals surface area (Å²) in [6.07, 6.45) is 2.14. The Labute approximate surface area is 129 Å². The third-order valence-corrected chi connectivity index (χ3v) is 4.30. The van der Waals surface area contributed by atoms with Gasteiger partial charge in [-0.2, -0.15) is 0 Å². The lowest BCUT2D eigenvalue weighted by Crippen LogP contribution is -2.34. The summed E-state index contributed by atoms with van der Waals surface area (Å²) in [6, 6.07) is 5.62. The molecule has 1 atom stereocenters. The van der Waals surface area contributed by atoms with Crippen LogP contribution in [0.2, 0.25) is 0 Å². The number of hydrogen-bond donors (Lipinski definition) is 2. The first-order chi connectivity index (χ1) is 10.5. The van der Waals surface area contributed by atoms with Gasteiger partial charge in [0.15, 0.2) is 5.60 Å². The van der Waals surface area contributed by atoms with E-state index in [0.29, 0.717) is 17.7 Å². The summed E-state index contributed by atoms with van der Waals surface area (Å²) in [7, 11) is 0. The monoisotopic (exact) mass is 300 g/mol. The zero-order valence-corrected chi connectivity index (χ0v) is 13.1. The molecule has 2 N–H and O–H groups in total. The molecule has 0 radical (unpaired) electrons. The summed E-state index contributed by atoms with van der Waals surface area (Å²) >= 11 is 0. The normalized spacial score (nSPS) is 20.1. The second-order valence-corrected chi connectivity index (χ2v) is 5.88. The highest BCUT2D eigenvalue weighted by Gasteiger charge is 2.44. The Bertz CT molecular complexity index is 716. The summed E-state index contributed by atoms with van der Waals surface area (Å²) in [5.41, 5.74) is 2.50. The van der Waals surface area contributed by atoms with Crippen LogP contribution in [0.1, 0.15) is 43.2 Å². The number of nitrogens with one attached hydrogen (secondary N) is 1. The molecule has 0 saturated heterocycles. The van der Waals surface area contributed by atoms with Crippen LogP contribution in [0, 0.1) is 13.8 Å². The molecule has 3 rings (SSSR count). The molecule has 1 amide bonds. The molecule has 0 saturated carbocycles. The molecule has 1 aromatic heterocycles. The standard InChI is InChI=1S/C17H20N2O3/c1-4-5-8-17(21)13-9-12(6-7-14(13)18-16(17)20)15-10(2)19-22-11(15)3/h6-7,9,21H,4-5,8H2,1-3H3,(H,18,20). The van der Waals surface area contributed by atoms with E-state index in [1.807, 2.05) is 39.0 Å². The average molecular weight is 300 g/mol. The highest BCUT2D eigenvalue weighted by molar-refractivity contribution is 6.05. The number of rotatable bonds is 4. The van der Waals surface area contributed by atoms with Gasteiger partial charge >= 0.3 is 0 Å². The SMILES string of the molecule is CCCCC1(O)C(=O)Nc2ccc(-c3c(C)noc3C)cc21. The number of amides is 1. The van der Waals surface area contributed by atoms with Gasteiger partial charge in [-0.05, 0) is 44.4 Å². The fourth-order valence-corrected chi connectivity index (χ4v) is 3.07. The van der Waals surface area contributed by atoms with Crippen LogP contribution in [0.4, 0.5) is 5.69 Å². The van der Waals surface area contributed by atoms with Crippen molar-refractivity contribution in [1.82, 2.24) is 5.16 Å². The molecular weight excluding hydrogens is 280 g/mol.